The predicted octanol–water partition coefficient (Wildman–Crippen LogP) is 2.11. The molecule has 2 nitrogen and oxygen atoms in total. The molecular weight excluding hydrogens is 174 g/mol. The van der Waals surface area contributed by atoms with Crippen LogP contribution in [0.3, 0.4) is 0 Å². The number of carbonyl (C=O) groups is 1. The number of rotatable bonds is 1. The van der Waals surface area contributed by atoms with Crippen molar-refractivity contribution in [3.05, 3.63) is 12.2 Å². The van der Waals surface area contributed by atoms with Crippen molar-refractivity contribution in [2.45, 2.75) is 39.7 Å². The second-order valence-electron chi connectivity index (χ2n) is 5.61. The fourth-order valence-corrected chi connectivity index (χ4v) is 2.33. The molecule has 1 N–H and O–H groups in total. The summed E-state index contributed by atoms with van der Waals surface area (Å²) in [4.78, 5) is 11.8. The number of allylic oxidation sites excluding steroid dienone is 1. The molecule has 2 heteroatoms. The third kappa shape index (κ3) is 1.70. The van der Waals surface area contributed by atoms with E-state index < -0.39 is 0 Å². The van der Waals surface area contributed by atoms with Crippen molar-refractivity contribution in [1.29, 1.82) is 0 Å². The zero-order valence-electron chi connectivity index (χ0n) is 9.21. The van der Waals surface area contributed by atoms with Crippen LogP contribution in [0.1, 0.15) is 33.6 Å². The molecule has 2 aliphatic carbocycles. The van der Waals surface area contributed by atoms with Crippen LogP contribution in [0.15, 0.2) is 12.2 Å². The van der Waals surface area contributed by atoms with Gasteiger partial charge in [-0.3, -0.25) is 4.79 Å². The van der Waals surface area contributed by atoms with Gasteiger partial charge in [-0.25, -0.2) is 0 Å². The Morgan fingerprint density at radius 1 is 1.29 bits per heavy atom. The van der Waals surface area contributed by atoms with Crippen molar-refractivity contribution in [1.82, 2.24) is 5.32 Å². The molecular formula is C12H19NO. The molecule has 1 amide bonds. The maximum atomic E-state index is 11.8. The predicted molar refractivity (Wildman–Crippen MR) is 56.7 cm³/mol. The van der Waals surface area contributed by atoms with Crippen LogP contribution in [0.2, 0.25) is 0 Å². The molecule has 2 aliphatic rings. The highest BCUT2D eigenvalue weighted by Gasteiger charge is 2.37. The fourth-order valence-electron chi connectivity index (χ4n) is 2.33. The Morgan fingerprint density at radius 3 is 2.43 bits per heavy atom. The molecule has 0 spiro atoms. The Bertz CT molecular complexity index is 275. The molecule has 1 fully saturated rings. The van der Waals surface area contributed by atoms with E-state index in [4.69, 9.17) is 0 Å². The average molecular weight is 193 g/mol. The number of nitrogens with one attached hydrogen (secondary N) is 1. The third-order valence-electron chi connectivity index (χ3n) is 3.28. The molecule has 0 saturated heterocycles. The molecule has 0 aromatic rings. The minimum atomic E-state index is -0.258. The Labute approximate surface area is 85.8 Å². The van der Waals surface area contributed by atoms with Gasteiger partial charge < -0.3 is 5.32 Å². The van der Waals surface area contributed by atoms with Gasteiger partial charge in [0.1, 0.15) is 0 Å². The molecule has 0 aromatic carbocycles. The highest BCUT2D eigenvalue weighted by molar-refractivity contribution is 5.81. The van der Waals surface area contributed by atoms with Crippen molar-refractivity contribution in [3.63, 3.8) is 0 Å². The van der Waals surface area contributed by atoms with E-state index in [0.717, 1.165) is 12.3 Å². The van der Waals surface area contributed by atoms with Gasteiger partial charge in [-0.2, -0.15) is 0 Å². The van der Waals surface area contributed by atoms with Crippen LogP contribution in [-0.4, -0.2) is 11.9 Å². The smallest absolute Gasteiger partial charge is 0.225 e. The van der Waals surface area contributed by atoms with Crippen LogP contribution in [0.4, 0.5) is 0 Å². The molecule has 2 bridgehead atoms. The first-order valence-corrected chi connectivity index (χ1v) is 5.46. The maximum absolute atomic E-state index is 11.8. The molecule has 0 aliphatic heterocycles. The van der Waals surface area contributed by atoms with Crippen LogP contribution in [0.25, 0.3) is 0 Å². The lowest BCUT2D eigenvalue weighted by molar-refractivity contribution is -0.129. The molecule has 14 heavy (non-hydrogen) atoms. The number of hydrogen-bond donors (Lipinski definition) is 1. The van der Waals surface area contributed by atoms with Crippen LogP contribution in [-0.2, 0) is 4.79 Å². The Hall–Kier alpha value is -0.790. The second kappa shape index (κ2) is 3.11. The van der Waals surface area contributed by atoms with E-state index in [0.29, 0.717) is 12.0 Å². The van der Waals surface area contributed by atoms with E-state index in [9.17, 15) is 4.79 Å². The molecule has 1 saturated carbocycles. The summed E-state index contributed by atoms with van der Waals surface area (Å²) in [7, 11) is 0. The lowest BCUT2D eigenvalue weighted by atomic mass is 9.93. The van der Waals surface area contributed by atoms with Gasteiger partial charge in [0, 0.05) is 11.5 Å². The van der Waals surface area contributed by atoms with Crippen LogP contribution in [0, 0.1) is 17.3 Å². The van der Waals surface area contributed by atoms with Crippen LogP contribution < -0.4 is 5.32 Å². The van der Waals surface area contributed by atoms with Gasteiger partial charge in [-0.05, 0) is 24.7 Å². The molecule has 78 valence electrons. The lowest BCUT2D eigenvalue weighted by Crippen LogP contribution is -2.43. The first-order valence-electron chi connectivity index (χ1n) is 5.46. The SMILES string of the molecule is CC(C)(C)C(=O)NC1CC2C=CC1C2. The number of fused-ring (bicyclic) bond motifs is 2. The van der Waals surface area contributed by atoms with E-state index in [2.05, 4.69) is 17.5 Å². The van der Waals surface area contributed by atoms with Gasteiger partial charge in [-0.15, -0.1) is 0 Å². The van der Waals surface area contributed by atoms with Crippen molar-refractivity contribution < 1.29 is 4.79 Å². The summed E-state index contributed by atoms with van der Waals surface area (Å²) < 4.78 is 0. The summed E-state index contributed by atoms with van der Waals surface area (Å²) in [5.41, 5.74) is -0.258. The van der Waals surface area contributed by atoms with E-state index in [-0.39, 0.29) is 11.3 Å². The normalized spacial score (nSPS) is 34.9. The summed E-state index contributed by atoms with van der Waals surface area (Å²) in [5.74, 6) is 1.51. The first-order chi connectivity index (χ1) is 6.47. The fraction of sp³-hybridized carbons (Fsp3) is 0.750. The summed E-state index contributed by atoms with van der Waals surface area (Å²) in [6.07, 6.45) is 6.95. The Morgan fingerprint density at radius 2 is 2.00 bits per heavy atom. The molecule has 0 heterocycles. The van der Waals surface area contributed by atoms with Gasteiger partial charge in [0.15, 0.2) is 0 Å². The molecule has 0 aromatic heterocycles. The average Bonchev–Trinajstić information content (AvgIpc) is 2.62. The number of hydrogen-bond acceptors (Lipinski definition) is 1. The zero-order valence-corrected chi connectivity index (χ0v) is 9.21. The summed E-state index contributed by atoms with van der Waals surface area (Å²) in [6.45, 7) is 5.89. The van der Waals surface area contributed by atoms with Crippen molar-refractivity contribution in [2.75, 3.05) is 0 Å². The van der Waals surface area contributed by atoms with Crippen LogP contribution >= 0.6 is 0 Å². The van der Waals surface area contributed by atoms with Gasteiger partial charge in [0.05, 0.1) is 0 Å². The van der Waals surface area contributed by atoms with Crippen molar-refractivity contribution >= 4 is 5.91 Å². The highest BCUT2D eigenvalue weighted by atomic mass is 16.2. The van der Waals surface area contributed by atoms with Gasteiger partial charge in [0.2, 0.25) is 5.91 Å². The minimum absolute atomic E-state index is 0.184. The largest absolute Gasteiger partial charge is 0.352 e. The third-order valence-corrected chi connectivity index (χ3v) is 3.28. The Balaban J connectivity index is 1.94. The monoisotopic (exact) mass is 193 g/mol. The zero-order chi connectivity index (χ0) is 10.3. The summed E-state index contributed by atoms with van der Waals surface area (Å²) in [6, 6.07) is 0.400. The van der Waals surface area contributed by atoms with Crippen LogP contribution in [0.5, 0.6) is 0 Å². The van der Waals surface area contributed by atoms with Gasteiger partial charge >= 0.3 is 0 Å². The quantitative estimate of drug-likeness (QED) is 0.635. The summed E-state index contributed by atoms with van der Waals surface area (Å²) in [5, 5.41) is 3.16. The van der Waals surface area contributed by atoms with Gasteiger partial charge in [0.25, 0.3) is 0 Å². The first kappa shape index (κ1) is 9.75. The van der Waals surface area contributed by atoms with Gasteiger partial charge in [-0.1, -0.05) is 32.9 Å². The maximum Gasteiger partial charge on any atom is 0.225 e. The second-order valence-corrected chi connectivity index (χ2v) is 5.61. The van der Waals surface area contributed by atoms with Crippen molar-refractivity contribution in [2.24, 2.45) is 17.3 Å². The molecule has 3 atom stereocenters. The summed E-state index contributed by atoms with van der Waals surface area (Å²) >= 11 is 0. The van der Waals surface area contributed by atoms with E-state index >= 15 is 0 Å². The van der Waals surface area contributed by atoms with E-state index in [1.807, 2.05) is 20.8 Å². The van der Waals surface area contributed by atoms with E-state index in [1.165, 1.54) is 6.42 Å². The van der Waals surface area contributed by atoms with Crippen molar-refractivity contribution in [3.8, 4) is 0 Å². The molecule has 0 radical (unpaired) electrons. The lowest BCUT2D eigenvalue weighted by Gasteiger charge is -2.25. The minimum Gasteiger partial charge on any atom is -0.352 e. The number of carbonyl (C=O) groups excluding carboxylic acids is 1. The Kier molecular flexibility index (Phi) is 2.17. The number of amides is 1. The topological polar surface area (TPSA) is 29.1 Å². The molecule has 2 rings (SSSR count). The highest BCUT2D eigenvalue weighted by Crippen LogP contribution is 2.39. The van der Waals surface area contributed by atoms with E-state index in [1.54, 1.807) is 0 Å². The molecule has 3 unspecified atom stereocenters. The standard InChI is InChI=1S/C12H19NO/c1-12(2,3)11(14)13-10-7-8-4-5-9(10)6-8/h4-5,8-10H,6-7H2,1-3H3,(H,13,14).